The third kappa shape index (κ3) is 3.52. The Morgan fingerprint density at radius 2 is 1.58 bits per heavy atom. The van der Waals surface area contributed by atoms with Gasteiger partial charge in [-0.15, -0.1) is 0 Å². The number of benzene rings is 4. The van der Waals surface area contributed by atoms with Crippen LogP contribution in [0.1, 0.15) is 11.1 Å². The van der Waals surface area contributed by atoms with Gasteiger partial charge in [0.25, 0.3) is 0 Å². The molecular weight excluding hydrogens is 508 g/mol. The highest BCUT2D eigenvalue weighted by Gasteiger charge is 2.42. The smallest absolute Gasteiger partial charge is 0.169 e. The largest absolute Gasteiger partial charge is 0.378 e. The van der Waals surface area contributed by atoms with E-state index in [4.69, 9.17) is 4.74 Å². The van der Waals surface area contributed by atoms with E-state index in [-0.39, 0.29) is 0 Å². The summed E-state index contributed by atoms with van der Waals surface area (Å²) in [6.45, 7) is 0. The van der Waals surface area contributed by atoms with E-state index in [1.807, 2.05) is 0 Å². The van der Waals surface area contributed by atoms with Crippen molar-refractivity contribution in [1.82, 2.24) is 0 Å². The number of alkyl halides is 1. The minimum absolute atomic E-state index is 0.770. The van der Waals surface area contributed by atoms with Gasteiger partial charge in [0.1, 0.15) is 0 Å². The first-order chi connectivity index (χ1) is 17.5. The van der Waals surface area contributed by atoms with Crippen LogP contribution in [-0.2, 0) is 4.74 Å². The zero-order valence-corrected chi connectivity index (χ0v) is 22.2. The van der Waals surface area contributed by atoms with Gasteiger partial charge in [-0.2, -0.15) is 0 Å². The second-order valence-corrected chi connectivity index (χ2v) is 10.5. The maximum absolute atomic E-state index is 6.17. The summed E-state index contributed by atoms with van der Waals surface area (Å²) < 4.78 is 5.40. The zero-order chi connectivity index (χ0) is 24.9. The Morgan fingerprint density at radius 3 is 2.36 bits per heavy atom. The van der Waals surface area contributed by atoms with Gasteiger partial charge >= 0.3 is 0 Å². The summed E-state index contributed by atoms with van der Waals surface area (Å²) in [7, 11) is 5.93. The van der Waals surface area contributed by atoms with Gasteiger partial charge in [0.2, 0.25) is 0 Å². The Hall–Kier alpha value is -3.60. The fraction of sp³-hybridized carbons (Fsp3) is 0.125. The second-order valence-electron chi connectivity index (χ2n) is 9.30. The molecule has 1 unspecified atom stereocenters. The van der Waals surface area contributed by atoms with E-state index in [0.717, 1.165) is 28.3 Å². The second kappa shape index (κ2) is 8.81. The van der Waals surface area contributed by atoms with Crippen LogP contribution in [0.4, 0.5) is 17.1 Å². The lowest BCUT2D eigenvalue weighted by molar-refractivity contribution is 0.147. The van der Waals surface area contributed by atoms with Crippen LogP contribution in [-0.4, -0.2) is 25.7 Å². The molecule has 0 aromatic heterocycles. The van der Waals surface area contributed by atoms with Crippen molar-refractivity contribution in [2.75, 3.05) is 31.0 Å². The van der Waals surface area contributed by atoms with Crippen LogP contribution in [0.15, 0.2) is 120 Å². The monoisotopic (exact) mass is 534 g/mol. The number of hydrogen-bond donors (Lipinski definition) is 0. The van der Waals surface area contributed by atoms with Crippen LogP contribution in [0.5, 0.6) is 0 Å². The molecule has 4 aromatic carbocycles. The maximum Gasteiger partial charge on any atom is 0.169 e. The molecule has 4 aromatic rings. The molecule has 1 atom stereocenters. The molecule has 0 radical (unpaired) electrons. The highest BCUT2D eigenvalue weighted by atomic mass is 79.9. The van der Waals surface area contributed by atoms with Gasteiger partial charge < -0.3 is 14.5 Å². The molecule has 36 heavy (non-hydrogen) atoms. The number of allylic oxidation sites excluding steroid dienone is 2. The van der Waals surface area contributed by atoms with Crippen molar-refractivity contribution in [3.63, 3.8) is 0 Å². The highest BCUT2D eigenvalue weighted by Crippen LogP contribution is 2.54. The summed E-state index contributed by atoms with van der Waals surface area (Å²) >= 11 is 3.99. The highest BCUT2D eigenvalue weighted by molar-refractivity contribution is 9.10. The normalized spacial score (nSPS) is 18.7. The molecule has 0 bridgehead atoms. The van der Waals surface area contributed by atoms with Crippen LogP contribution < -0.4 is 9.80 Å². The molecule has 3 nitrogen and oxygen atoms in total. The Labute approximate surface area is 220 Å². The summed E-state index contributed by atoms with van der Waals surface area (Å²) in [6.07, 6.45) is 6.35. The van der Waals surface area contributed by atoms with E-state index in [9.17, 15) is 0 Å². The van der Waals surface area contributed by atoms with E-state index in [0.29, 0.717) is 0 Å². The van der Waals surface area contributed by atoms with Crippen molar-refractivity contribution < 1.29 is 4.74 Å². The Morgan fingerprint density at radius 1 is 0.833 bits per heavy atom. The average molecular weight is 535 g/mol. The average Bonchev–Trinajstić information content (AvgIpc) is 2.92. The van der Waals surface area contributed by atoms with Gasteiger partial charge in [0.05, 0.1) is 11.4 Å². The van der Waals surface area contributed by atoms with Gasteiger partial charge in [-0.05, 0) is 68.7 Å². The van der Waals surface area contributed by atoms with Crippen molar-refractivity contribution in [2.45, 2.75) is 4.51 Å². The minimum atomic E-state index is -0.770. The van der Waals surface area contributed by atoms with Gasteiger partial charge in [0, 0.05) is 49.3 Å². The first-order valence-corrected chi connectivity index (χ1v) is 12.8. The molecule has 0 amide bonds. The van der Waals surface area contributed by atoms with E-state index >= 15 is 0 Å². The molecule has 0 fully saturated rings. The van der Waals surface area contributed by atoms with E-state index in [1.54, 1.807) is 7.11 Å². The fourth-order valence-corrected chi connectivity index (χ4v) is 5.85. The van der Waals surface area contributed by atoms with Gasteiger partial charge in [0.15, 0.2) is 4.51 Å². The van der Waals surface area contributed by atoms with Gasteiger partial charge in [-0.25, -0.2) is 0 Å². The third-order valence-electron chi connectivity index (χ3n) is 7.03. The number of methoxy groups -OCH3 is 1. The molecule has 6 rings (SSSR count). The van der Waals surface area contributed by atoms with Crippen molar-refractivity contribution in [3.8, 4) is 0 Å². The van der Waals surface area contributed by atoms with Crippen LogP contribution in [0.2, 0.25) is 0 Å². The summed E-state index contributed by atoms with van der Waals surface area (Å²) in [6, 6.07) is 32.4. The van der Waals surface area contributed by atoms with Crippen molar-refractivity contribution in [2.24, 2.45) is 0 Å². The molecule has 1 aliphatic carbocycles. The van der Waals surface area contributed by atoms with Crippen LogP contribution in [0.25, 0.3) is 16.3 Å². The van der Waals surface area contributed by atoms with Crippen LogP contribution in [0, 0.1) is 0 Å². The Balaban J connectivity index is 1.77. The molecule has 2 aliphatic rings. The summed E-state index contributed by atoms with van der Waals surface area (Å²) in [5, 5.41) is 2.44. The number of anilines is 3. The first-order valence-electron chi connectivity index (χ1n) is 12.1. The van der Waals surface area contributed by atoms with Gasteiger partial charge in [-0.1, -0.05) is 72.8 Å². The minimum Gasteiger partial charge on any atom is -0.378 e. The molecule has 1 heterocycles. The number of fused-ring (bicyclic) bond motifs is 3. The SMILES string of the molecule is COC1(Br)C=CC=C2C1=C(c1cccc3ccccc13)c1ccc(N(C)C)cc1N2c1ccccc1. The van der Waals surface area contributed by atoms with Crippen molar-refractivity contribution >= 4 is 49.3 Å². The lowest BCUT2D eigenvalue weighted by Crippen LogP contribution is -2.36. The molecular formula is C32H27BrN2O. The zero-order valence-electron chi connectivity index (χ0n) is 20.6. The van der Waals surface area contributed by atoms with E-state index in [2.05, 4.69) is 149 Å². The predicted octanol–water partition coefficient (Wildman–Crippen LogP) is 8.05. The molecule has 1 aliphatic heterocycles. The third-order valence-corrected chi connectivity index (χ3v) is 8.02. The Kier molecular flexibility index (Phi) is 5.59. The number of para-hydroxylation sites is 1. The number of ether oxygens (including phenoxy) is 1. The number of nitrogens with zero attached hydrogens (tertiary/aromatic N) is 2. The van der Waals surface area contributed by atoms with Crippen molar-refractivity contribution in [1.29, 1.82) is 0 Å². The Bertz CT molecular complexity index is 1560. The van der Waals surface area contributed by atoms with E-state index < -0.39 is 4.51 Å². The molecule has 4 heteroatoms. The van der Waals surface area contributed by atoms with Crippen molar-refractivity contribution in [3.05, 3.63) is 132 Å². The van der Waals surface area contributed by atoms with Crippen LogP contribution in [0.3, 0.4) is 0 Å². The van der Waals surface area contributed by atoms with E-state index in [1.165, 1.54) is 27.5 Å². The molecule has 0 saturated heterocycles. The standard InChI is InChI=1S/C32H27BrN2O/c1-34(2)24-18-19-27-29(21-24)35(23-13-5-4-6-14-23)28-17-10-20-32(33,36-3)31(28)30(27)26-16-9-12-22-11-7-8-15-25(22)26/h4-21H,1-3H3. The maximum atomic E-state index is 6.17. The lowest BCUT2D eigenvalue weighted by atomic mass is 9.80. The summed E-state index contributed by atoms with van der Waals surface area (Å²) in [4.78, 5) is 4.50. The predicted molar refractivity (Wildman–Crippen MR) is 155 cm³/mol. The molecule has 0 saturated carbocycles. The number of halogens is 1. The molecule has 178 valence electrons. The fourth-order valence-electron chi connectivity index (χ4n) is 5.30. The van der Waals surface area contributed by atoms with Crippen LogP contribution >= 0.6 is 15.9 Å². The molecule has 0 N–H and O–H groups in total. The van der Waals surface area contributed by atoms with Gasteiger partial charge in [-0.3, -0.25) is 0 Å². The quantitative estimate of drug-likeness (QED) is 0.246. The summed E-state index contributed by atoms with van der Waals surface area (Å²) in [5.74, 6) is 0. The lowest BCUT2D eigenvalue weighted by Gasteiger charge is -2.43. The number of hydrogen-bond acceptors (Lipinski definition) is 3. The first kappa shape index (κ1) is 22.8. The summed E-state index contributed by atoms with van der Waals surface area (Å²) in [5.41, 5.74) is 9.13. The topological polar surface area (TPSA) is 15.7 Å². The molecule has 0 spiro atoms. The number of rotatable bonds is 4.